The van der Waals surface area contributed by atoms with Crippen LogP contribution in [0.3, 0.4) is 0 Å². The third kappa shape index (κ3) is 6.07. The average Bonchev–Trinajstić information content (AvgIpc) is 2.61. The molecule has 6 nitrogen and oxygen atoms in total. The number of rotatable bonds is 9. The van der Waals surface area contributed by atoms with Crippen LogP contribution in [0.25, 0.3) is 0 Å². The van der Waals surface area contributed by atoms with Crippen molar-refractivity contribution in [2.75, 3.05) is 13.7 Å². The maximum absolute atomic E-state index is 12.1. The number of benzene rings is 1. The molecule has 0 saturated heterocycles. The van der Waals surface area contributed by atoms with Crippen LogP contribution in [0.4, 0.5) is 0 Å². The van der Waals surface area contributed by atoms with Gasteiger partial charge in [0.25, 0.3) is 0 Å². The first-order chi connectivity index (χ1) is 11.8. The van der Waals surface area contributed by atoms with Crippen molar-refractivity contribution in [2.45, 2.75) is 46.1 Å². The fraction of sp³-hybridized carbons (Fsp3) is 0.526. The van der Waals surface area contributed by atoms with E-state index in [1.165, 1.54) is 12.1 Å². The molecule has 0 aromatic heterocycles. The summed E-state index contributed by atoms with van der Waals surface area (Å²) in [6.07, 6.45) is 3.01. The van der Waals surface area contributed by atoms with E-state index >= 15 is 0 Å². The van der Waals surface area contributed by atoms with E-state index in [1.54, 1.807) is 6.20 Å². The Morgan fingerprint density at radius 3 is 2.68 bits per heavy atom. The summed E-state index contributed by atoms with van der Waals surface area (Å²) in [5, 5.41) is 11.1. The minimum atomic E-state index is -0.313. The van der Waals surface area contributed by atoms with Crippen LogP contribution < -0.4 is 11.6 Å². The number of ether oxygens (including phenoxy) is 1. The Morgan fingerprint density at radius 1 is 1.44 bits per heavy atom. The Bertz CT molecular complexity index is 602. The second-order valence-corrected chi connectivity index (χ2v) is 6.34. The van der Waals surface area contributed by atoms with Crippen molar-refractivity contribution in [3.63, 3.8) is 0 Å². The molecule has 0 saturated carbocycles. The molecule has 0 heterocycles. The van der Waals surface area contributed by atoms with E-state index in [0.29, 0.717) is 25.1 Å². The van der Waals surface area contributed by atoms with Gasteiger partial charge in [-0.25, -0.2) is 5.84 Å². The maximum atomic E-state index is 12.1. The third-order valence-corrected chi connectivity index (χ3v) is 4.59. The molecule has 5 N–H and O–H groups in total. The van der Waals surface area contributed by atoms with Crippen molar-refractivity contribution < 1.29 is 14.6 Å². The standard InChI is InChI=1S/C19H31N3O3/c1-5-22(21)11-17(20)8-9-18(14(3)19(24)25-4)15-7-6-13(2)16(10-15)12-23/h6-7,10-11,14,18,23H,5,8-9,12,20-21H2,1-4H3/b17-11-. The molecule has 2 atom stereocenters. The van der Waals surface area contributed by atoms with Gasteiger partial charge in [0.1, 0.15) is 0 Å². The molecular weight excluding hydrogens is 318 g/mol. The zero-order valence-corrected chi connectivity index (χ0v) is 15.7. The number of carbonyl (C=O) groups excluding carboxylic acids is 1. The number of aliphatic hydroxyl groups is 1. The summed E-state index contributed by atoms with van der Waals surface area (Å²) >= 11 is 0. The Hall–Kier alpha value is -2.05. The third-order valence-electron chi connectivity index (χ3n) is 4.59. The lowest BCUT2D eigenvalue weighted by molar-refractivity contribution is -0.145. The zero-order valence-electron chi connectivity index (χ0n) is 15.7. The quantitative estimate of drug-likeness (QED) is 0.359. The van der Waals surface area contributed by atoms with Gasteiger partial charge in [0.15, 0.2) is 0 Å². The molecule has 1 aromatic carbocycles. The lowest BCUT2D eigenvalue weighted by atomic mass is 9.82. The highest BCUT2D eigenvalue weighted by atomic mass is 16.5. The van der Waals surface area contributed by atoms with Crippen molar-refractivity contribution in [3.05, 3.63) is 46.8 Å². The van der Waals surface area contributed by atoms with Gasteiger partial charge < -0.3 is 20.6 Å². The summed E-state index contributed by atoms with van der Waals surface area (Å²) < 4.78 is 4.92. The smallest absolute Gasteiger partial charge is 0.308 e. The number of aliphatic hydroxyl groups excluding tert-OH is 1. The predicted molar refractivity (Wildman–Crippen MR) is 99.1 cm³/mol. The molecule has 1 aromatic rings. The lowest BCUT2D eigenvalue weighted by Crippen LogP contribution is -2.26. The normalized spacial score (nSPS) is 14.1. The Kier molecular flexibility index (Phi) is 8.45. The molecule has 0 spiro atoms. The molecule has 0 amide bonds. The van der Waals surface area contributed by atoms with Gasteiger partial charge in [0, 0.05) is 18.4 Å². The molecular formula is C19H31N3O3. The van der Waals surface area contributed by atoms with Gasteiger partial charge in [0.2, 0.25) is 0 Å². The lowest BCUT2D eigenvalue weighted by Gasteiger charge is -2.24. The number of nitrogens with zero attached hydrogens (tertiary/aromatic N) is 1. The monoisotopic (exact) mass is 349 g/mol. The fourth-order valence-electron chi connectivity index (χ4n) is 2.84. The van der Waals surface area contributed by atoms with Gasteiger partial charge in [-0.1, -0.05) is 25.1 Å². The number of nitrogens with two attached hydrogens (primary N) is 2. The molecule has 0 bridgehead atoms. The second-order valence-electron chi connectivity index (χ2n) is 6.34. The SMILES string of the molecule is CCN(N)/C=C(\N)CCC(c1ccc(C)c(CO)c1)C(C)C(=O)OC. The van der Waals surface area contributed by atoms with E-state index in [1.807, 2.05) is 39.0 Å². The number of esters is 1. The molecule has 1 rings (SSSR count). The highest BCUT2D eigenvalue weighted by Gasteiger charge is 2.26. The Morgan fingerprint density at radius 2 is 2.12 bits per heavy atom. The summed E-state index contributed by atoms with van der Waals surface area (Å²) in [7, 11) is 1.39. The van der Waals surface area contributed by atoms with E-state index < -0.39 is 0 Å². The molecule has 140 valence electrons. The highest BCUT2D eigenvalue weighted by molar-refractivity contribution is 5.73. The summed E-state index contributed by atoms with van der Waals surface area (Å²) in [4.78, 5) is 12.1. The van der Waals surface area contributed by atoms with Crippen LogP contribution in [-0.4, -0.2) is 29.7 Å². The number of aryl methyl sites for hydroxylation is 1. The number of hydrazine groups is 1. The number of hydrogen-bond donors (Lipinski definition) is 3. The van der Waals surface area contributed by atoms with Crippen LogP contribution in [0, 0.1) is 12.8 Å². The van der Waals surface area contributed by atoms with Crippen LogP contribution in [0.1, 0.15) is 49.3 Å². The zero-order chi connectivity index (χ0) is 19.0. The van der Waals surface area contributed by atoms with Crippen molar-refractivity contribution in [1.82, 2.24) is 5.01 Å². The first-order valence-corrected chi connectivity index (χ1v) is 8.59. The summed E-state index contributed by atoms with van der Waals surface area (Å²) in [5.41, 5.74) is 9.60. The summed E-state index contributed by atoms with van der Waals surface area (Å²) in [6.45, 7) is 6.39. The fourth-order valence-corrected chi connectivity index (χ4v) is 2.84. The van der Waals surface area contributed by atoms with Crippen molar-refractivity contribution in [1.29, 1.82) is 0 Å². The number of allylic oxidation sites excluding steroid dienone is 1. The first-order valence-electron chi connectivity index (χ1n) is 8.59. The van der Waals surface area contributed by atoms with Gasteiger partial charge >= 0.3 is 5.97 Å². The van der Waals surface area contributed by atoms with Crippen LogP contribution in [-0.2, 0) is 16.1 Å². The van der Waals surface area contributed by atoms with Crippen LogP contribution >= 0.6 is 0 Å². The van der Waals surface area contributed by atoms with Crippen LogP contribution in [0.5, 0.6) is 0 Å². The van der Waals surface area contributed by atoms with Crippen molar-refractivity contribution >= 4 is 5.97 Å². The summed E-state index contributed by atoms with van der Waals surface area (Å²) in [5.74, 6) is 5.12. The van der Waals surface area contributed by atoms with E-state index in [-0.39, 0.29) is 24.4 Å². The Labute approximate surface area is 150 Å². The molecule has 0 fully saturated rings. The van der Waals surface area contributed by atoms with Crippen LogP contribution in [0.15, 0.2) is 30.1 Å². The minimum absolute atomic E-state index is 0.0281. The largest absolute Gasteiger partial charge is 0.469 e. The van der Waals surface area contributed by atoms with Crippen molar-refractivity contribution in [3.8, 4) is 0 Å². The minimum Gasteiger partial charge on any atom is -0.469 e. The van der Waals surface area contributed by atoms with Gasteiger partial charge in [-0.2, -0.15) is 0 Å². The molecule has 0 aliphatic carbocycles. The first kappa shape index (κ1) is 21.0. The maximum Gasteiger partial charge on any atom is 0.308 e. The molecule has 0 radical (unpaired) electrons. The number of methoxy groups -OCH3 is 1. The van der Waals surface area contributed by atoms with Crippen molar-refractivity contribution in [2.24, 2.45) is 17.5 Å². The number of carbonyl (C=O) groups is 1. The summed E-state index contributed by atoms with van der Waals surface area (Å²) in [6, 6.07) is 5.93. The van der Waals surface area contributed by atoms with Gasteiger partial charge in [-0.3, -0.25) is 4.79 Å². The average molecular weight is 349 g/mol. The highest BCUT2D eigenvalue weighted by Crippen LogP contribution is 2.32. The van der Waals surface area contributed by atoms with E-state index in [0.717, 1.165) is 16.7 Å². The van der Waals surface area contributed by atoms with E-state index in [2.05, 4.69) is 0 Å². The number of hydrogen-bond acceptors (Lipinski definition) is 6. The molecule has 6 heteroatoms. The molecule has 25 heavy (non-hydrogen) atoms. The van der Waals surface area contributed by atoms with Gasteiger partial charge in [0.05, 0.1) is 19.6 Å². The molecule has 0 aliphatic rings. The van der Waals surface area contributed by atoms with Gasteiger partial charge in [-0.05, 0) is 49.3 Å². The predicted octanol–water partition coefficient (Wildman–Crippen LogP) is 2.16. The van der Waals surface area contributed by atoms with Crippen LogP contribution in [0.2, 0.25) is 0 Å². The Balaban J connectivity index is 3.05. The molecule has 0 aliphatic heterocycles. The molecule has 2 unspecified atom stereocenters. The topological polar surface area (TPSA) is 102 Å². The van der Waals surface area contributed by atoms with E-state index in [4.69, 9.17) is 16.3 Å². The second kappa shape index (κ2) is 10.1. The van der Waals surface area contributed by atoms with E-state index in [9.17, 15) is 9.90 Å². The van der Waals surface area contributed by atoms with Gasteiger partial charge in [-0.15, -0.1) is 0 Å².